The van der Waals surface area contributed by atoms with Crippen LogP contribution >= 0.6 is 0 Å². The molecule has 1 aliphatic carbocycles. The van der Waals surface area contributed by atoms with Gasteiger partial charge in [0.25, 0.3) is 0 Å². The van der Waals surface area contributed by atoms with Gasteiger partial charge in [-0.1, -0.05) is 32.8 Å². The zero-order valence-corrected chi connectivity index (χ0v) is 11.9. The summed E-state index contributed by atoms with van der Waals surface area (Å²) >= 11 is 0. The number of aromatic amines is 1. The van der Waals surface area contributed by atoms with Gasteiger partial charge >= 0.3 is 0 Å². The van der Waals surface area contributed by atoms with Crippen molar-refractivity contribution in [3.05, 3.63) is 29.6 Å². The number of carbonyl (C=O) groups excluding carboxylic acids is 1. The van der Waals surface area contributed by atoms with Crippen LogP contribution in [0.15, 0.2) is 23.2 Å². The number of hydrogen-bond acceptors (Lipinski definition) is 3. The Bertz CT molecular complexity index is 674. The number of aromatic nitrogens is 2. The highest BCUT2D eigenvalue weighted by Crippen LogP contribution is 2.42. The van der Waals surface area contributed by atoms with Crippen molar-refractivity contribution in [2.24, 2.45) is 4.99 Å². The molecule has 104 valence electrons. The van der Waals surface area contributed by atoms with Crippen LogP contribution in [-0.4, -0.2) is 16.0 Å². The zero-order valence-electron chi connectivity index (χ0n) is 11.9. The fourth-order valence-corrected chi connectivity index (χ4v) is 3.10. The lowest BCUT2D eigenvalue weighted by Crippen LogP contribution is -2.18. The van der Waals surface area contributed by atoms with Crippen molar-refractivity contribution in [3.63, 3.8) is 0 Å². The molecule has 0 aliphatic heterocycles. The molecular weight excluding hydrogens is 250 g/mol. The fraction of sp³-hybridized carbons (Fsp3) is 0.500. The zero-order chi connectivity index (χ0) is 14.2. The van der Waals surface area contributed by atoms with Crippen molar-refractivity contribution < 1.29 is 4.79 Å². The van der Waals surface area contributed by atoms with E-state index in [0.29, 0.717) is 5.92 Å². The molecule has 4 heteroatoms. The van der Waals surface area contributed by atoms with E-state index in [4.69, 9.17) is 0 Å². The molecule has 1 aromatic carbocycles. The first-order chi connectivity index (χ1) is 9.64. The Morgan fingerprint density at radius 3 is 2.75 bits per heavy atom. The van der Waals surface area contributed by atoms with Gasteiger partial charge in [-0.25, -0.2) is 9.78 Å². The topological polar surface area (TPSA) is 58.1 Å². The molecule has 3 rings (SSSR count). The van der Waals surface area contributed by atoms with Crippen molar-refractivity contribution in [1.82, 2.24) is 9.97 Å². The minimum atomic E-state index is -0.362. The van der Waals surface area contributed by atoms with E-state index in [1.165, 1.54) is 0 Å². The fourth-order valence-electron chi connectivity index (χ4n) is 3.10. The number of isocyanates is 1. The molecule has 0 spiro atoms. The largest absolute Gasteiger partial charge is 0.342 e. The molecule has 0 saturated heterocycles. The van der Waals surface area contributed by atoms with E-state index >= 15 is 0 Å². The Labute approximate surface area is 118 Å². The van der Waals surface area contributed by atoms with Crippen LogP contribution in [0.3, 0.4) is 0 Å². The number of H-pyrrole nitrogens is 1. The van der Waals surface area contributed by atoms with Gasteiger partial charge in [-0.15, -0.1) is 0 Å². The second-order valence-electron chi connectivity index (χ2n) is 5.95. The van der Waals surface area contributed by atoms with E-state index in [1.54, 1.807) is 6.08 Å². The van der Waals surface area contributed by atoms with E-state index < -0.39 is 0 Å². The molecule has 1 N–H and O–H groups in total. The predicted molar refractivity (Wildman–Crippen MR) is 78.5 cm³/mol. The summed E-state index contributed by atoms with van der Waals surface area (Å²) in [4.78, 5) is 22.9. The summed E-state index contributed by atoms with van der Waals surface area (Å²) in [6.45, 7) is 4.24. The highest BCUT2D eigenvalue weighted by atomic mass is 16.1. The van der Waals surface area contributed by atoms with E-state index in [2.05, 4.69) is 40.9 Å². The molecule has 1 aromatic heterocycles. The van der Waals surface area contributed by atoms with Crippen LogP contribution in [-0.2, 0) is 10.3 Å². The van der Waals surface area contributed by atoms with E-state index in [0.717, 1.165) is 48.1 Å². The van der Waals surface area contributed by atoms with Crippen LogP contribution in [0, 0.1) is 0 Å². The summed E-state index contributed by atoms with van der Waals surface area (Å²) in [5.74, 6) is 1.37. The molecule has 0 unspecified atom stereocenters. The van der Waals surface area contributed by atoms with E-state index in [1.807, 2.05) is 6.07 Å². The lowest BCUT2D eigenvalue weighted by molar-refractivity contribution is 0.456. The molecule has 2 aromatic rings. The average molecular weight is 269 g/mol. The Morgan fingerprint density at radius 2 is 2.10 bits per heavy atom. The molecule has 0 bridgehead atoms. The molecule has 0 atom stereocenters. The van der Waals surface area contributed by atoms with Crippen LogP contribution in [0.1, 0.15) is 56.8 Å². The molecule has 1 heterocycles. The van der Waals surface area contributed by atoms with E-state index in [-0.39, 0.29) is 5.54 Å². The third-order valence-corrected chi connectivity index (χ3v) is 4.27. The van der Waals surface area contributed by atoms with Crippen molar-refractivity contribution in [2.45, 2.75) is 51.0 Å². The summed E-state index contributed by atoms with van der Waals surface area (Å²) in [7, 11) is 0. The van der Waals surface area contributed by atoms with Gasteiger partial charge in [0.05, 0.1) is 16.6 Å². The normalized spacial score (nSPS) is 17.6. The van der Waals surface area contributed by atoms with Gasteiger partial charge in [0.1, 0.15) is 5.82 Å². The molecule has 1 fully saturated rings. The van der Waals surface area contributed by atoms with Crippen molar-refractivity contribution in [3.8, 4) is 0 Å². The van der Waals surface area contributed by atoms with Gasteiger partial charge in [-0.3, -0.25) is 0 Å². The molecule has 0 amide bonds. The monoisotopic (exact) mass is 269 g/mol. The third kappa shape index (κ3) is 2.06. The molecular formula is C16H19N3O. The van der Waals surface area contributed by atoms with Gasteiger partial charge in [0.2, 0.25) is 6.08 Å². The Hall–Kier alpha value is -1.93. The second kappa shape index (κ2) is 4.88. The standard InChI is InChI=1S/C16H19N3O/c1-11(2)15-18-13-6-5-12(9-14(13)19-15)16(17-10-20)7-3-4-8-16/h5-6,9,11H,3-4,7-8H2,1-2H3,(H,18,19). The summed E-state index contributed by atoms with van der Waals surface area (Å²) < 4.78 is 0. The maximum atomic E-state index is 10.8. The van der Waals surface area contributed by atoms with Gasteiger partial charge in [-0.05, 0) is 30.5 Å². The predicted octanol–water partition coefficient (Wildman–Crippen LogP) is 3.79. The van der Waals surface area contributed by atoms with Crippen molar-refractivity contribution >= 4 is 17.1 Å². The summed E-state index contributed by atoms with van der Waals surface area (Å²) in [6, 6.07) is 6.17. The third-order valence-electron chi connectivity index (χ3n) is 4.27. The Balaban J connectivity index is 2.09. The number of nitrogens with zero attached hydrogens (tertiary/aromatic N) is 2. The van der Waals surface area contributed by atoms with Crippen molar-refractivity contribution in [1.29, 1.82) is 0 Å². The maximum absolute atomic E-state index is 10.8. The summed E-state index contributed by atoms with van der Waals surface area (Å²) in [5.41, 5.74) is 2.74. The van der Waals surface area contributed by atoms with Gasteiger partial charge in [0.15, 0.2) is 0 Å². The SMILES string of the molecule is CC(C)c1nc2ccc(C3(N=C=O)CCCC3)cc2[nH]1. The first-order valence-electron chi connectivity index (χ1n) is 7.24. The smallest absolute Gasteiger partial charge is 0.235 e. The highest BCUT2D eigenvalue weighted by molar-refractivity contribution is 5.76. The molecule has 1 aliphatic rings. The Morgan fingerprint density at radius 1 is 1.35 bits per heavy atom. The van der Waals surface area contributed by atoms with Crippen LogP contribution in [0.2, 0.25) is 0 Å². The Kier molecular flexibility index (Phi) is 3.19. The highest BCUT2D eigenvalue weighted by Gasteiger charge is 2.35. The average Bonchev–Trinajstić information content (AvgIpc) is 3.04. The van der Waals surface area contributed by atoms with Gasteiger partial charge in [-0.2, -0.15) is 4.99 Å². The van der Waals surface area contributed by atoms with Gasteiger partial charge < -0.3 is 4.98 Å². The molecule has 0 radical (unpaired) electrons. The molecule has 1 saturated carbocycles. The lowest BCUT2D eigenvalue weighted by Gasteiger charge is -2.22. The second-order valence-corrected chi connectivity index (χ2v) is 5.95. The lowest BCUT2D eigenvalue weighted by atomic mass is 9.89. The molecule has 20 heavy (non-hydrogen) atoms. The number of rotatable bonds is 3. The quantitative estimate of drug-likeness (QED) is 0.680. The summed E-state index contributed by atoms with van der Waals surface area (Å²) in [6.07, 6.45) is 5.86. The van der Waals surface area contributed by atoms with Crippen LogP contribution in [0.25, 0.3) is 11.0 Å². The van der Waals surface area contributed by atoms with Gasteiger partial charge in [0, 0.05) is 5.92 Å². The summed E-state index contributed by atoms with van der Waals surface area (Å²) in [5, 5.41) is 0. The number of hydrogen-bond donors (Lipinski definition) is 1. The number of fused-ring (bicyclic) bond motifs is 1. The minimum Gasteiger partial charge on any atom is -0.342 e. The van der Waals surface area contributed by atoms with Crippen LogP contribution in [0.4, 0.5) is 0 Å². The maximum Gasteiger partial charge on any atom is 0.235 e. The number of nitrogens with one attached hydrogen (secondary N) is 1. The number of benzene rings is 1. The number of imidazole rings is 1. The van der Waals surface area contributed by atoms with Crippen LogP contribution < -0.4 is 0 Å². The molecule has 4 nitrogen and oxygen atoms in total. The first kappa shape index (κ1) is 13.1. The van der Waals surface area contributed by atoms with Crippen molar-refractivity contribution in [2.75, 3.05) is 0 Å². The van der Waals surface area contributed by atoms with E-state index in [9.17, 15) is 4.79 Å². The first-order valence-corrected chi connectivity index (χ1v) is 7.24. The minimum absolute atomic E-state index is 0.362. The number of aliphatic imine (C=N–C) groups is 1. The van der Waals surface area contributed by atoms with Crippen LogP contribution in [0.5, 0.6) is 0 Å².